The summed E-state index contributed by atoms with van der Waals surface area (Å²) in [5.41, 5.74) is 1.19. The van der Waals surface area contributed by atoms with Crippen LogP contribution in [0.2, 0.25) is 5.02 Å². The maximum absolute atomic E-state index is 12.4. The summed E-state index contributed by atoms with van der Waals surface area (Å²) in [7, 11) is 0. The summed E-state index contributed by atoms with van der Waals surface area (Å²) in [5, 5.41) is 3.75. The Morgan fingerprint density at radius 1 is 1.26 bits per heavy atom. The van der Waals surface area contributed by atoms with Crippen molar-refractivity contribution >= 4 is 29.3 Å². The summed E-state index contributed by atoms with van der Waals surface area (Å²) in [6.07, 6.45) is 0.374. The first-order valence-corrected chi connectivity index (χ1v) is 8.94. The Balaban J connectivity index is 1.64. The smallest absolute Gasteiger partial charge is 0.261 e. The molecule has 2 aromatic carbocycles. The van der Waals surface area contributed by atoms with Gasteiger partial charge in [0, 0.05) is 15.7 Å². The van der Waals surface area contributed by atoms with E-state index in [1.54, 1.807) is 31.2 Å². The van der Waals surface area contributed by atoms with Crippen LogP contribution in [0.4, 0.5) is 0 Å². The Labute approximate surface area is 145 Å². The molecule has 120 valence electrons. The van der Waals surface area contributed by atoms with Crippen LogP contribution < -0.4 is 10.1 Å². The molecule has 23 heavy (non-hydrogen) atoms. The third-order valence-corrected chi connectivity index (χ3v) is 5.15. The van der Waals surface area contributed by atoms with Gasteiger partial charge in [-0.2, -0.15) is 0 Å². The van der Waals surface area contributed by atoms with E-state index in [-0.39, 0.29) is 11.9 Å². The molecule has 1 aliphatic rings. The molecule has 0 aliphatic carbocycles. The number of benzene rings is 2. The molecule has 2 aromatic rings. The van der Waals surface area contributed by atoms with E-state index in [9.17, 15) is 4.79 Å². The van der Waals surface area contributed by atoms with Crippen molar-refractivity contribution in [3.63, 3.8) is 0 Å². The lowest BCUT2D eigenvalue weighted by Gasteiger charge is -2.27. The zero-order valence-corrected chi connectivity index (χ0v) is 14.4. The highest BCUT2D eigenvalue weighted by Crippen LogP contribution is 2.35. The van der Waals surface area contributed by atoms with Crippen LogP contribution in [0.25, 0.3) is 0 Å². The molecular formula is C18H18ClNO2S. The van der Waals surface area contributed by atoms with Gasteiger partial charge in [-0.05, 0) is 49.2 Å². The minimum atomic E-state index is -0.557. The van der Waals surface area contributed by atoms with E-state index in [2.05, 4.69) is 17.4 Å². The quantitative estimate of drug-likeness (QED) is 0.887. The van der Waals surface area contributed by atoms with Gasteiger partial charge in [-0.3, -0.25) is 4.79 Å². The van der Waals surface area contributed by atoms with Gasteiger partial charge in [-0.15, -0.1) is 11.8 Å². The fraction of sp³-hybridized carbons (Fsp3) is 0.278. The van der Waals surface area contributed by atoms with Crippen LogP contribution in [0.1, 0.15) is 24.9 Å². The topological polar surface area (TPSA) is 38.3 Å². The lowest BCUT2D eigenvalue weighted by Crippen LogP contribution is -2.39. The van der Waals surface area contributed by atoms with Crippen LogP contribution in [0.3, 0.4) is 0 Å². The maximum Gasteiger partial charge on any atom is 0.261 e. The van der Waals surface area contributed by atoms with Crippen molar-refractivity contribution in [1.82, 2.24) is 5.32 Å². The molecule has 0 spiro atoms. The van der Waals surface area contributed by atoms with Gasteiger partial charge < -0.3 is 10.1 Å². The first-order chi connectivity index (χ1) is 11.1. The van der Waals surface area contributed by atoms with Crippen molar-refractivity contribution in [3.05, 3.63) is 59.1 Å². The molecular weight excluding hydrogens is 330 g/mol. The van der Waals surface area contributed by atoms with E-state index in [0.717, 1.165) is 12.2 Å². The predicted molar refractivity (Wildman–Crippen MR) is 94.2 cm³/mol. The Morgan fingerprint density at radius 2 is 2.00 bits per heavy atom. The number of ether oxygens (including phenoxy) is 1. The molecule has 1 heterocycles. The van der Waals surface area contributed by atoms with Crippen LogP contribution in [-0.4, -0.2) is 17.8 Å². The number of rotatable bonds is 4. The van der Waals surface area contributed by atoms with Crippen LogP contribution >= 0.6 is 23.4 Å². The second kappa shape index (κ2) is 7.28. The van der Waals surface area contributed by atoms with Gasteiger partial charge >= 0.3 is 0 Å². The third kappa shape index (κ3) is 4.01. The zero-order chi connectivity index (χ0) is 16.2. The molecule has 1 aliphatic heterocycles. The summed E-state index contributed by atoms with van der Waals surface area (Å²) < 4.78 is 5.68. The molecule has 0 fully saturated rings. The molecule has 0 bridgehead atoms. The van der Waals surface area contributed by atoms with Gasteiger partial charge in [0.05, 0.1) is 6.04 Å². The van der Waals surface area contributed by atoms with Crippen molar-refractivity contribution in [3.8, 4) is 5.75 Å². The SMILES string of the molecule is C[C@@H](Oc1ccc(Cl)cc1)C(=O)N[C@H]1CCSc2ccccc21. The standard InChI is InChI=1S/C18H18ClNO2S/c1-12(22-14-8-6-13(19)7-9-14)18(21)20-16-10-11-23-17-5-3-2-4-15(16)17/h2-9,12,16H,10-11H2,1H3,(H,20,21)/t12-,16+/m1/s1. The molecule has 3 nitrogen and oxygen atoms in total. The van der Waals surface area contributed by atoms with E-state index >= 15 is 0 Å². The summed E-state index contributed by atoms with van der Waals surface area (Å²) in [4.78, 5) is 13.7. The Morgan fingerprint density at radius 3 is 2.78 bits per heavy atom. The number of amides is 1. The number of hydrogen-bond donors (Lipinski definition) is 1. The minimum absolute atomic E-state index is 0.0521. The molecule has 0 saturated heterocycles. The van der Waals surface area contributed by atoms with E-state index in [1.807, 2.05) is 23.9 Å². The second-order valence-corrected chi connectivity index (χ2v) is 7.02. The summed E-state index contributed by atoms with van der Waals surface area (Å²) in [6.45, 7) is 1.76. The highest BCUT2D eigenvalue weighted by Gasteiger charge is 2.24. The Bertz CT molecular complexity index is 690. The van der Waals surface area contributed by atoms with Gasteiger partial charge in [0.25, 0.3) is 5.91 Å². The summed E-state index contributed by atoms with van der Waals surface area (Å²) in [6, 6.07) is 15.3. The molecule has 1 N–H and O–H groups in total. The fourth-order valence-corrected chi connectivity index (χ4v) is 3.80. The van der Waals surface area contributed by atoms with Crippen molar-refractivity contribution in [2.75, 3.05) is 5.75 Å². The van der Waals surface area contributed by atoms with Crippen molar-refractivity contribution in [2.45, 2.75) is 30.4 Å². The van der Waals surface area contributed by atoms with Crippen molar-refractivity contribution < 1.29 is 9.53 Å². The maximum atomic E-state index is 12.4. The molecule has 1 amide bonds. The highest BCUT2D eigenvalue weighted by molar-refractivity contribution is 7.99. The second-order valence-electron chi connectivity index (χ2n) is 5.45. The minimum Gasteiger partial charge on any atom is -0.481 e. The van der Waals surface area contributed by atoms with E-state index < -0.39 is 6.10 Å². The molecule has 0 aromatic heterocycles. The Hall–Kier alpha value is -1.65. The number of hydrogen-bond acceptors (Lipinski definition) is 3. The predicted octanol–water partition coefficient (Wildman–Crippen LogP) is 4.46. The number of halogens is 1. The van der Waals surface area contributed by atoms with Crippen LogP contribution in [0.5, 0.6) is 5.75 Å². The van der Waals surface area contributed by atoms with Crippen LogP contribution in [0.15, 0.2) is 53.4 Å². The monoisotopic (exact) mass is 347 g/mol. The van der Waals surface area contributed by atoms with Crippen LogP contribution in [0, 0.1) is 0 Å². The number of nitrogens with one attached hydrogen (secondary N) is 1. The zero-order valence-electron chi connectivity index (χ0n) is 12.8. The Kier molecular flexibility index (Phi) is 5.13. The number of thioether (sulfide) groups is 1. The van der Waals surface area contributed by atoms with Gasteiger partial charge in [0.15, 0.2) is 6.10 Å². The van der Waals surface area contributed by atoms with Crippen molar-refractivity contribution in [2.24, 2.45) is 0 Å². The van der Waals surface area contributed by atoms with Crippen molar-refractivity contribution in [1.29, 1.82) is 0 Å². The van der Waals surface area contributed by atoms with E-state index in [0.29, 0.717) is 10.8 Å². The molecule has 0 radical (unpaired) electrons. The molecule has 0 saturated carbocycles. The van der Waals surface area contributed by atoms with E-state index in [4.69, 9.17) is 16.3 Å². The molecule has 5 heteroatoms. The number of carbonyl (C=O) groups excluding carboxylic acids is 1. The van der Waals surface area contributed by atoms with Gasteiger partial charge in [-0.25, -0.2) is 0 Å². The summed E-state index contributed by atoms with van der Waals surface area (Å²) >= 11 is 7.69. The van der Waals surface area contributed by atoms with E-state index in [1.165, 1.54) is 10.5 Å². The molecule has 2 atom stereocenters. The van der Waals surface area contributed by atoms with Gasteiger partial charge in [0.2, 0.25) is 0 Å². The lowest BCUT2D eigenvalue weighted by atomic mass is 10.0. The van der Waals surface area contributed by atoms with Gasteiger partial charge in [-0.1, -0.05) is 29.8 Å². The first-order valence-electron chi connectivity index (χ1n) is 7.58. The van der Waals surface area contributed by atoms with Gasteiger partial charge in [0.1, 0.15) is 5.75 Å². The number of carbonyl (C=O) groups is 1. The largest absolute Gasteiger partial charge is 0.481 e. The fourth-order valence-electron chi connectivity index (χ4n) is 2.55. The third-order valence-electron chi connectivity index (χ3n) is 3.77. The normalized spacial score (nSPS) is 17.9. The average Bonchev–Trinajstić information content (AvgIpc) is 2.57. The highest BCUT2D eigenvalue weighted by atomic mass is 35.5. The number of fused-ring (bicyclic) bond motifs is 1. The lowest BCUT2D eigenvalue weighted by molar-refractivity contribution is -0.128. The van der Waals surface area contributed by atoms with Crippen LogP contribution in [-0.2, 0) is 4.79 Å². The average molecular weight is 348 g/mol. The molecule has 0 unspecified atom stereocenters. The molecule has 3 rings (SSSR count). The first kappa shape index (κ1) is 16.2. The summed E-state index contributed by atoms with van der Waals surface area (Å²) in [5.74, 6) is 1.54.